The number of benzene rings is 1. The highest BCUT2D eigenvalue weighted by Crippen LogP contribution is 2.26. The number of halogens is 1. The van der Waals surface area contributed by atoms with Crippen molar-refractivity contribution >= 4 is 44.8 Å². The monoisotopic (exact) mass is 397 g/mol. The Morgan fingerprint density at radius 2 is 2.20 bits per heavy atom. The van der Waals surface area contributed by atoms with Crippen LogP contribution in [0.3, 0.4) is 0 Å². The second-order valence-electron chi connectivity index (χ2n) is 4.77. The number of hydrogen-bond donors (Lipinski definition) is 1. The quantitative estimate of drug-likeness (QED) is 0.678. The summed E-state index contributed by atoms with van der Waals surface area (Å²) >= 11 is 4.07. The zero-order valence-electron chi connectivity index (χ0n) is 11.2. The van der Waals surface area contributed by atoms with Gasteiger partial charge in [0, 0.05) is 24.4 Å². The molecule has 0 amide bonds. The van der Waals surface area contributed by atoms with Crippen LogP contribution in [0.5, 0.6) is 0 Å². The lowest BCUT2D eigenvalue weighted by Crippen LogP contribution is -2.13. The summed E-state index contributed by atoms with van der Waals surface area (Å²) in [5.74, 6) is 0. The lowest BCUT2D eigenvalue weighted by atomic mass is 10.0. The molecule has 0 aliphatic heterocycles. The SMILES string of the molecule is CCn1nc(CC(N)c2csc(I)c2)c2ccccc21. The highest BCUT2D eigenvalue weighted by Gasteiger charge is 2.15. The largest absolute Gasteiger partial charge is 0.324 e. The van der Waals surface area contributed by atoms with Crippen LogP contribution in [0.4, 0.5) is 0 Å². The van der Waals surface area contributed by atoms with E-state index in [1.807, 2.05) is 0 Å². The average molecular weight is 397 g/mol. The van der Waals surface area contributed by atoms with Gasteiger partial charge in [0.15, 0.2) is 0 Å². The molecular formula is C15H16IN3S. The number of aromatic nitrogens is 2. The molecule has 5 heteroatoms. The summed E-state index contributed by atoms with van der Waals surface area (Å²) in [6.45, 7) is 3.00. The van der Waals surface area contributed by atoms with Crippen LogP contribution >= 0.6 is 33.9 Å². The van der Waals surface area contributed by atoms with E-state index in [4.69, 9.17) is 10.8 Å². The van der Waals surface area contributed by atoms with Crippen LogP contribution in [-0.4, -0.2) is 9.78 Å². The molecule has 3 aromatic rings. The maximum atomic E-state index is 6.34. The second kappa shape index (κ2) is 5.83. The number of nitrogens with two attached hydrogens (primary N) is 1. The zero-order valence-corrected chi connectivity index (χ0v) is 14.2. The van der Waals surface area contributed by atoms with E-state index in [9.17, 15) is 0 Å². The molecule has 1 aromatic carbocycles. The Kier molecular flexibility index (Phi) is 4.09. The Balaban J connectivity index is 1.94. The first kappa shape index (κ1) is 14.0. The molecule has 1 unspecified atom stereocenters. The van der Waals surface area contributed by atoms with Crippen molar-refractivity contribution in [3.05, 3.63) is 49.9 Å². The first-order valence-corrected chi connectivity index (χ1v) is 8.58. The van der Waals surface area contributed by atoms with E-state index in [-0.39, 0.29) is 6.04 Å². The molecule has 0 radical (unpaired) electrons. The summed E-state index contributed by atoms with van der Waals surface area (Å²) in [7, 11) is 0. The van der Waals surface area contributed by atoms with Gasteiger partial charge in [-0.15, -0.1) is 11.3 Å². The van der Waals surface area contributed by atoms with Gasteiger partial charge in [0.2, 0.25) is 0 Å². The second-order valence-corrected chi connectivity index (χ2v) is 7.58. The summed E-state index contributed by atoms with van der Waals surface area (Å²) in [4.78, 5) is 0. The fourth-order valence-electron chi connectivity index (χ4n) is 2.43. The highest BCUT2D eigenvalue weighted by molar-refractivity contribution is 14.1. The van der Waals surface area contributed by atoms with Gasteiger partial charge in [0.05, 0.1) is 14.1 Å². The number of aryl methyl sites for hydroxylation is 1. The first-order valence-electron chi connectivity index (χ1n) is 6.63. The predicted molar refractivity (Wildman–Crippen MR) is 93.1 cm³/mol. The van der Waals surface area contributed by atoms with E-state index in [2.05, 4.69) is 69.9 Å². The summed E-state index contributed by atoms with van der Waals surface area (Å²) < 4.78 is 3.33. The molecule has 2 N–H and O–H groups in total. The van der Waals surface area contributed by atoms with E-state index in [0.717, 1.165) is 18.7 Å². The van der Waals surface area contributed by atoms with Crippen molar-refractivity contribution < 1.29 is 0 Å². The normalized spacial score (nSPS) is 12.9. The van der Waals surface area contributed by atoms with E-state index >= 15 is 0 Å². The van der Waals surface area contributed by atoms with Crippen LogP contribution in [0.2, 0.25) is 0 Å². The number of nitrogens with zero attached hydrogens (tertiary/aromatic N) is 2. The molecule has 3 nitrogen and oxygen atoms in total. The van der Waals surface area contributed by atoms with Gasteiger partial charge in [-0.05, 0) is 52.6 Å². The first-order chi connectivity index (χ1) is 9.69. The molecule has 20 heavy (non-hydrogen) atoms. The third kappa shape index (κ3) is 2.62. The van der Waals surface area contributed by atoms with Gasteiger partial charge in [-0.25, -0.2) is 0 Å². The van der Waals surface area contributed by atoms with Gasteiger partial charge in [-0.3, -0.25) is 4.68 Å². The third-order valence-corrected chi connectivity index (χ3v) is 5.27. The molecule has 0 fully saturated rings. The highest BCUT2D eigenvalue weighted by atomic mass is 127. The van der Waals surface area contributed by atoms with Crippen LogP contribution in [-0.2, 0) is 13.0 Å². The number of rotatable bonds is 4. The van der Waals surface area contributed by atoms with Crippen molar-refractivity contribution in [3.8, 4) is 0 Å². The van der Waals surface area contributed by atoms with E-state index in [0.29, 0.717) is 0 Å². The lowest BCUT2D eigenvalue weighted by molar-refractivity contribution is 0.642. The topological polar surface area (TPSA) is 43.8 Å². The van der Waals surface area contributed by atoms with Crippen LogP contribution in [0.25, 0.3) is 10.9 Å². The maximum absolute atomic E-state index is 6.34. The summed E-state index contributed by atoms with van der Waals surface area (Å²) in [6.07, 6.45) is 0.778. The number of para-hydroxylation sites is 1. The van der Waals surface area contributed by atoms with E-state index in [1.54, 1.807) is 11.3 Å². The van der Waals surface area contributed by atoms with E-state index < -0.39 is 0 Å². The molecule has 2 heterocycles. The molecule has 1 atom stereocenters. The van der Waals surface area contributed by atoms with Crippen LogP contribution < -0.4 is 5.73 Å². The Hall–Kier alpha value is -0.920. The predicted octanol–water partition coefficient (Wildman–Crippen LogP) is 3.96. The minimum Gasteiger partial charge on any atom is -0.324 e. The molecule has 0 bridgehead atoms. The van der Waals surface area contributed by atoms with Gasteiger partial charge in [0.1, 0.15) is 0 Å². The average Bonchev–Trinajstić information content (AvgIpc) is 3.03. The van der Waals surface area contributed by atoms with E-state index in [1.165, 1.54) is 19.4 Å². The van der Waals surface area contributed by atoms with Gasteiger partial charge < -0.3 is 5.73 Å². The molecule has 104 valence electrons. The van der Waals surface area contributed by atoms with Crippen molar-refractivity contribution in [1.29, 1.82) is 0 Å². The Morgan fingerprint density at radius 3 is 2.90 bits per heavy atom. The summed E-state index contributed by atoms with van der Waals surface area (Å²) in [6, 6.07) is 10.5. The molecule has 0 saturated carbocycles. The minimum absolute atomic E-state index is 0.0124. The van der Waals surface area contributed by atoms with Crippen molar-refractivity contribution in [2.45, 2.75) is 25.9 Å². The Bertz CT molecular complexity index is 732. The van der Waals surface area contributed by atoms with Crippen molar-refractivity contribution in [2.24, 2.45) is 5.73 Å². The van der Waals surface area contributed by atoms with Crippen molar-refractivity contribution in [2.75, 3.05) is 0 Å². The smallest absolute Gasteiger partial charge is 0.0722 e. The third-order valence-electron chi connectivity index (χ3n) is 3.46. The fraction of sp³-hybridized carbons (Fsp3) is 0.267. The molecule has 2 aromatic heterocycles. The molecule has 3 rings (SSSR count). The van der Waals surface area contributed by atoms with Crippen LogP contribution in [0.15, 0.2) is 35.7 Å². The van der Waals surface area contributed by atoms with Gasteiger partial charge in [-0.2, -0.15) is 5.10 Å². The van der Waals surface area contributed by atoms with Gasteiger partial charge in [-0.1, -0.05) is 18.2 Å². The molecule has 0 spiro atoms. The molecular weight excluding hydrogens is 381 g/mol. The Morgan fingerprint density at radius 1 is 1.40 bits per heavy atom. The molecule has 0 aliphatic carbocycles. The van der Waals surface area contributed by atoms with Gasteiger partial charge in [0.25, 0.3) is 0 Å². The minimum atomic E-state index is 0.0124. The Labute approximate surface area is 135 Å². The number of thiophene rings is 1. The number of hydrogen-bond acceptors (Lipinski definition) is 3. The molecule has 0 aliphatic rings. The number of fused-ring (bicyclic) bond motifs is 1. The standard InChI is InChI=1S/C15H16IN3S/c1-2-19-14-6-4-3-5-11(14)13(18-19)8-12(17)10-7-15(16)20-9-10/h3-7,9,12H,2,8,17H2,1H3. The molecule has 0 saturated heterocycles. The summed E-state index contributed by atoms with van der Waals surface area (Å²) in [5, 5.41) is 8.08. The van der Waals surface area contributed by atoms with Gasteiger partial charge >= 0.3 is 0 Å². The lowest BCUT2D eigenvalue weighted by Gasteiger charge is -2.07. The summed E-state index contributed by atoms with van der Waals surface area (Å²) in [5.41, 5.74) is 9.82. The maximum Gasteiger partial charge on any atom is 0.0722 e. The van der Waals surface area contributed by atoms with Crippen LogP contribution in [0.1, 0.15) is 24.2 Å². The zero-order chi connectivity index (χ0) is 14.1. The van der Waals surface area contributed by atoms with Crippen molar-refractivity contribution in [1.82, 2.24) is 9.78 Å². The van der Waals surface area contributed by atoms with Crippen LogP contribution in [0, 0.1) is 2.88 Å². The fourth-order valence-corrected chi connectivity index (χ4v) is 3.87. The van der Waals surface area contributed by atoms with Crippen molar-refractivity contribution in [3.63, 3.8) is 0 Å².